The summed E-state index contributed by atoms with van der Waals surface area (Å²) in [6.45, 7) is 1.04. The van der Waals surface area contributed by atoms with Crippen LogP contribution < -0.4 is 9.62 Å². The van der Waals surface area contributed by atoms with Gasteiger partial charge in [0, 0.05) is 6.20 Å². The Morgan fingerprint density at radius 2 is 2.00 bits per heavy atom. The maximum absolute atomic E-state index is 12.9. The van der Waals surface area contributed by atoms with E-state index in [1.54, 1.807) is 13.0 Å². The number of aryl methyl sites for hydroxylation is 1. The van der Waals surface area contributed by atoms with Gasteiger partial charge >= 0.3 is 6.30 Å². The smallest absolute Gasteiger partial charge is 0.266 e. The third kappa shape index (κ3) is 4.02. The maximum Gasteiger partial charge on any atom is 0.488 e. The number of nitrogens with one attached hydrogen (secondary N) is 2. The van der Waals surface area contributed by atoms with Gasteiger partial charge < -0.3 is 0 Å². The molecule has 0 bridgehead atoms. The average molecular weight is 456 g/mol. The van der Waals surface area contributed by atoms with Gasteiger partial charge in [0.05, 0.1) is 5.02 Å². The number of halogens is 5. The van der Waals surface area contributed by atoms with Crippen LogP contribution in [0.4, 0.5) is 13.2 Å². The Hall–Kier alpha value is -2.08. The number of nitrogens with zero attached hydrogens (tertiary/aromatic N) is 2. The van der Waals surface area contributed by atoms with Gasteiger partial charge in [-0.3, -0.25) is 4.79 Å². The second kappa shape index (κ2) is 7.07. The Kier molecular flexibility index (Phi) is 5.21. The number of hydrogen-bond donors (Lipinski definition) is 2. The molecule has 13 heteroatoms. The molecule has 150 valence electrons. The summed E-state index contributed by atoms with van der Waals surface area (Å²) < 4.78 is 65.4. The van der Waals surface area contributed by atoms with Crippen molar-refractivity contribution < 1.29 is 31.3 Å². The van der Waals surface area contributed by atoms with E-state index in [1.807, 2.05) is 4.72 Å². The van der Waals surface area contributed by atoms with Crippen LogP contribution in [-0.2, 0) is 14.8 Å². The van der Waals surface area contributed by atoms with Crippen LogP contribution in [0.5, 0.6) is 0 Å². The number of amidine groups is 1. The molecular weight excluding hydrogens is 444 g/mol. The molecule has 0 radical (unpaired) electrons. The van der Waals surface area contributed by atoms with E-state index in [9.17, 15) is 26.4 Å². The lowest BCUT2D eigenvalue weighted by molar-refractivity contribution is -0.763. The molecule has 0 fully saturated rings. The number of hydrogen-bond acceptors (Lipinski definition) is 5. The van der Waals surface area contributed by atoms with E-state index in [-0.39, 0.29) is 36.3 Å². The first-order valence-corrected chi connectivity index (χ1v) is 9.83. The Bertz CT molecular complexity index is 1050. The zero-order valence-electron chi connectivity index (χ0n) is 14.0. The van der Waals surface area contributed by atoms with Crippen molar-refractivity contribution in [2.24, 2.45) is 4.99 Å². The Morgan fingerprint density at radius 3 is 2.64 bits per heavy atom. The fourth-order valence-electron chi connectivity index (χ4n) is 2.54. The summed E-state index contributed by atoms with van der Waals surface area (Å²) in [6.07, 6.45) is -2.95. The van der Waals surface area contributed by atoms with Gasteiger partial charge in [-0.15, -0.1) is 13.2 Å². The third-order valence-corrected chi connectivity index (χ3v) is 5.93. The Labute approximate surface area is 167 Å². The number of aliphatic imine (C=N–C) groups is 1. The number of benzene rings is 1. The van der Waals surface area contributed by atoms with Crippen LogP contribution in [0.25, 0.3) is 0 Å². The number of carbonyl (C=O) groups excluding carboxylic acids is 1. The normalized spacial score (nSPS) is 19.6. The number of amides is 1. The second-order valence-corrected chi connectivity index (χ2v) is 8.42. The van der Waals surface area contributed by atoms with Crippen molar-refractivity contribution in [1.29, 1.82) is 0 Å². The van der Waals surface area contributed by atoms with Crippen LogP contribution in [-0.4, -0.2) is 38.0 Å². The molecule has 1 amide bonds. The summed E-state index contributed by atoms with van der Waals surface area (Å²) >= 11 is 11.7. The highest BCUT2D eigenvalue weighted by Gasteiger charge is 2.44. The number of sulfonamides is 1. The fraction of sp³-hybridized carbons (Fsp3) is 0.200. The zero-order valence-corrected chi connectivity index (χ0v) is 16.3. The van der Waals surface area contributed by atoms with Gasteiger partial charge in [-0.1, -0.05) is 29.3 Å². The van der Waals surface area contributed by atoms with Crippen molar-refractivity contribution in [2.45, 2.75) is 18.1 Å². The first-order valence-electron chi connectivity index (χ1n) is 7.59. The topological polar surface area (TPSA) is 83.3 Å². The van der Waals surface area contributed by atoms with E-state index in [2.05, 4.69) is 4.99 Å². The lowest BCUT2D eigenvalue weighted by atomic mass is 10.2. The molecule has 1 aromatic carbocycles. The quantitative estimate of drug-likeness (QED) is 0.676. The predicted octanol–water partition coefficient (Wildman–Crippen LogP) is 1.46. The number of quaternary nitrogens is 1. The van der Waals surface area contributed by atoms with Crippen LogP contribution in [0.1, 0.15) is 5.56 Å². The van der Waals surface area contributed by atoms with Crippen molar-refractivity contribution in [3.63, 3.8) is 0 Å². The summed E-state index contributed by atoms with van der Waals surface area (Å²) in [5.74, 6) is -1.13. The summed E-state index contributed by atoms with van der Waals surface area (Å²) in [5.41, 5.74) is 0.219. The Morgan fingerprint density at radius 1 is 1.32 bits per heavy atom. The maximum atomic E-state index is 12.9. The van der Waals surface area contributed by atoms with Gasteiger partial charge in [0.2, 0.25) is 0 Å². The van der Waals surface area contributed by atoms with Gasteiger partial charge in [-0.25, -0.2) is 22.9 Å². The van der Waals surface area contributed by atoms with E-state index in [1.165, 1.54) is 12.1 Å². The number of fused-ring (bicyclic) bond motifs is 1. The Balaban J connectivity index is 1.84. The number of rotatable bonds is 3. The molecule has 1 atom stereocenters. The molecule has 0 spiro atoms. The minimum atomic E-state index is -4.66. The minimum Gasteiger partial charge on any atom is -0.266 e. The second-order valence-electron chi connectivity index (χ2n) is 5.96. The first-order chi connectivity index (χ1) is 12.9. The van der Waals surface area contributed by atoms with Crippen LogP contribution in [0.15, 0.2) is 51.2 Å². The van der Waals surface area contributed by atoms with E-state index >= 15 is 0 Å². The predicted molar refractivity (Wildman–Crippen MR) is 94.7 cm³/mol. The summed E-state index contributed by atoms with van der Waals surface area (Å²) in [4.78, 5) is 16.0. The molecule has 28 heavy (non-hydrogen) atoms. The molecule has 2 aliphatic heterocycles. The van der Waals surface area contributed by atoms with Gasteiger partial charge in [-0.05, 0) is 24.6 Å². The lowest BCUT2D eigenvalue weighted by Crippen LogP contribution is -3.12. The van der Waals surface area contributed by atoms with Gasteiger partial charge in [0.1, 0.15) is 16.1 Å². The van der Waals surface area contributed by atoms with E-state index in [0.29, 0.717) is 11.8 Å². The monoisotopic (exact) mass is 455 g/mol. The van der Waals surface area contributed by atoms with Crippen LogP contribution in [0.2, 0.25) is 5.02 Å². The molecule has 7 nitrogen and oxygen atoms in total. The highest BCUT2D eigenvalue weighted by molar-refractivity contribution is 7.90. The first kappa shape index (κ1) is 20.6. The molecule has 0 aliphatic carbocycles. The highest BCUT2D eigenvalue weighted by Crippen LogP contribution is 2.25. The van der Waals surface area contributed by atoms with Gasteiger partial charge in [0.15, 0.2) is 12.4 Å². The molecule has 1 unspecified atom stereocenters. The molecule has 3 rings (SSSR count). The summed E-state index contributed by atoms with van der Waals surface area (Å²) in [7, 11) is -4.32. The van der Waals surface area contributed by atoms with Crippen molar-refractivity contribution in [2.75, 3.05) is 6.67 Å². The van der Waals surface area contributed by atoms with Crippen molar-refractivity contribution >= 4 is 45.0 Å². The van der Waals surface area contributed by atoms with Crippen molar-refractivity contribution in [1.82, 2.24) is 9.62 Å². The number of alkyl halides is 3. The fourth-order valence-corrected chi connectivity index (χ4v) is 4.37. The van der Waals surface area contributed by atoms with Crippen molar-refractivity contribution in [3.8, 4) is 0 Å². The average Bonchev–Trinajstić information content (AvgIpc) is 3.01. The largest absolute Gasteiger partial charge is 0.488 e. The SMILES string of the molecule is Cc1ccc(Cl)c(S(=O)(=O)NC(=O)C2=C[NH+]3CN(C(F)(F)F)C=C(Cl)C3=N2)c1. The number of carbonyl (C=O) groups is 1. The van der Waals surface area contributed by atoms with Gasteiger partial charge in [0.25, 0.3) is 21.8 Å². The molecular formula is C15H12Cl2F3N4O3S+. The van der Waals surface area contributed by atoms with E-state index in [0.717, 1.165) is 6.20 Å². The minimum absolute atomic E-state index is 0.0155. The lowest BCUT2D eigenvalue weighted by Gasteiger charge is -2.28. The summed E-state index contributed by atoms with van der Waals surface area (Å²) in [5, 5.41) is -0.408. The molecule has 0 saturated heterocycles. The van der Waals surface area contributed by atoms with E-state index < -0.39 is 28.9 Å². The van der Waals surface area contributed by atoms with Crippen LogP contribution in [0.3, 0.4) is 0 Å². The zero-order chi connectivity index (χ0) is 20.9. The van der Waals surface area contributed by atoms with Crippen LogP contribution >= 0.6 is 23.2 Å². The molecule has 0 saturated carbocycles. The molecule has 2 heterocycles. The molecule has 2 aliphatic rings. The molecule has 1 aromatic rings. The standard InChI is InChI=1S/C15H11Cl2F3N4O3S/c1-8-2-3-9(16)12(4-8)28(26,27)22-14(25)11-6-23-7-24(15(18,19)20)5-10(17)13(23)21-11/h2-6H,7H2,1H3,(H,22,25)/p+1. The van der Waals surface area contributed by atoms with Crippen molar-refractivity contribution in [3.05, 3.63) is 51.9 Å². The highest BCUT2D eigenvalue weighted by atomic mass is 35.5. The third-order valence-electron chi connectivity index (χ3n) is 3.85. The molecule has 0 aromatic heterocycles. The molecule has 2 N–H and O–H groups in total. The summed E-state index contributed by atoms with van der Waals surface area (Å²) in [6, 6.07) is 4.24. The van der Waals surface area contributed by atoms with Gasteiger partial charge in [-0.2, -0.15) is 4.99 Å². The van der Waals surface area contributed by atoms with Crippen LogP contribution in [0, 0.1) is 6.92 Å². The van der Waals surface area contributed by atoms with E-state index in [4.69, 9.17) is 23.2 Å².